The normalized spacial score (nSPS) is 10.8. The molecular formula is C19H12N2O2S. The van der Waals surface area contributed by atoms with Crippen molar-refractivity contribution < 1.29 is 9.90 Å². The minimum atomic E-state index is -0.973. The Balaban J connectivity index is 1.78. The van der Waals surface area contributed by atoms with Gasteiger partial charge in [-0.1, -0.05) is 18.2 Å². The quantitative estimate of drug-likeness (QED) is 0.589. The molecule has 1 aromatic carbocycles. The summed E-state index contributed by atoms with van der Waals surface area (Å²) in [5.41, 5.74) is 2.46. The van der Waals surface area contributed by atoms with Crippen molar-refractivity contribution in [3.8, 4) is 21.8 Å². The van der Waals surface area contributed by atoms with Gasteiger partial charge in [0.15, 0.2) is 0 Å². The van der Waals surface area contributed by atoms with Crippen molar-refractivity contribution in [2.45, 2.75) is 0 Å². The number of aromatic carboxylic acids is 1. The van der Waals surface area contributed by atoms with Crippen LogP contribution in [0, 0.1) is 0 Å². The number of nitrogens with zero attached hydrogens (tertiary/aromatic N) is 2. The summed E-state index contributed by atoms with van der Waals surface area (Å²) in [6.45, 7) is 0. The van der Waals surface area contributed by atoms with Crippen molar-refractivity contribution in [1.82, 2.24) is 9.97 Å². The number of fused-ring (bicyclic) bond motifs is 1. The smallest absolute Gasteiger partial charge is 0.335 e. The van der Waals surface area contributed by atoms with E-state index >= 15 is 0 Å². The maximum Gasteiger partial charge on any atom is 0.335 e. The zero-order valence-electron chi connectivity index (χ0n) is 12.5. The van der Waals surface area contributed by atoms with Crippen molar-refractivity contribution in [2.24, 2.45) is 0 Å². The number of rotatable bonds is 3. The number of carboxylic acid groups (broad SMARTS) is 1. The molecule has 4 nitrogen and oxygen atoms in total. The number of thiophene rings is 1. The molecule has 3 aromatic heterocycles. The maximum absolute atomic E-state index is 11.1. The Bertz CT molecular complexity index is 1020. The van der Waals surface area contributed by atoms with E-state index in [9.17, 15) is 4.79 Å². The Morgan fingerprint density at radius 1 is 0.917 bits per heavy atom. The first-order valence-corrected chi connectivity index (χ1v) is 8.17. The molecule has 116 valence electrons. The van der Waals surface area contributed by atoms with Gasteiger partial charge in [0.25, 0.3) is 0 Å². The molecule has 0 bridgehead atoms. The van der Waals surface area contributed by atoms with E-state index in [1.807, 2.05) is 24.3 Å². The van der Waals surface area contributed by atoms with Crippen molar-refractivity contribution in [3.05, 3.63) is 72.6 Å². The van der Waals surface area contributed by atoms with Gasteiger partial charge in [-0.15, -0.1) is 11.3 Å². The van der Waals surface area contributed by atoms with Gasteiger partial charge in [-0.25, -0.2) is 4.79 Å². The lowest BCUT2D eigenvalue weighted by Gasteiger charge is -2.03. The Morgan fingerprint density at radius 2 is 1.67 bits per heavy atom. The van der Waals surface area contributed by atoms with Crippen molar-refractivity contribution in [1.29, 1.82) is 0 Å². The molecule has 0 aliphatic rings. The molecule has 0 aliphatic carbocycles. The molecule has 4 aromatic rings. The molecule has 0 amide bonds. The SMILES string of the molecule is O=C(O)c1ccnc(-c2cc(-c3cc4ccccc4s3)ccn2)c1. The number of benzene rings is 1. The fourth-order valence-corrected chi connectivity index (χ4v) is 3.61. The predicted molar refractivity (Wildman–Crippen MR) is 95.2 cm³/mol. The summed E-state index contributed by atoms with van der Waals surface area (Å²) in [7, 11) is 0. The number of carboxylic acids is 1. The first kappa shape index (κ1) is 14.5. The average Bonchev–Trinajstić information content (AvgIpc) is 3.06. The molecule has 0 radical (unpaired) electrons. The van der Waals surface area contributed by atoms with Crippen LogP contribution in [0.5, 0.6) is 0 Å². The van der Waals surface area contributed by atoms with Crippen LogP contribution in [0.3, 0.4) is 0 Å². The third-order valence-corrected chi connectivity index (χ3v) is 4.90. The second-order valence-corrected chi connectivity index (χ2v) is 6.40. The van der Waals surface area contributed by atoms with E-state index in [4.69, 9.17) is 5.11 Å². The molecule has 4 rings (SSSR count). The van der Waals surface area contributed by atoms with Gasteiger partial charge in [0.05, 0.1) is 17.0 Å². The molecule has 0 spiro atoms. The molecule has 1 N–H and O–H groups in total. The lowest BCUT2D eigenvalue weighted by Crippen LogP contribution is -1.97. The van der Waals surface area contributed by atoms with Crippen LogP contribution in [0.2, 0.25) is 0 Å². The van der Waals surface area contributed by atoms with E-state index < -0.39 is 5.97 Å². The summed E-state index contributed by atoms with van der Waals surface area (Å²) >= 11 is 1.72. The van der Waals surface area contributed by atoms with Gasteiger partial charge in [-0.05, 0) is 47.3 Å². The van der Waals surface area contributed by atoms with Gasteiger partial charge in [-0.3, -0.25) is 9.97 Å². The zero-order valence-corrected chi connectivity index (χ0v) is 13.3. The largest absolute Gasteiger partial charge is 0.478 e. The fourth-order valence-electron chi connectivity index (χ4n) is 2.55. The second-order valence-electron chi connectivity index (χ2n) is 5.31. The van der Waals surface area contributed by atoms with Crippen LogP contribution in [0.25, 0.3) is 31.9 Å². The molecule has 0 saturated carbocycles. The molecule has 0 aliphatic heterocycles. The first-order valence-electron chi connectivity index (χ1n) is 7.35. The second kappa shape index (κ2) is 5.86. The van der Waals surface area contributed by atoms with Crippen LogP contribution < -0.4 is 0 Å². The average molecular weight is 332 g/mol. The van der Waals surface area contributed by atoms with Crippen LogP contribution in [0.4, 0.5) is 0 Å². The summed E-state index contributed by atoms with van der Waals surface area (Å²) < 4.78 is 1.23. The molecule has 24 heavy (non-hydrogen) atoms. The third-order valence-electron chi connectivity index (χ3n) is 3.74. The van der Waals surface area contributed by atoms with Gasteiger partial charge >= 0.3 is 5.97 Å². The number of aromatic nitrogens is 2. The highest BCUT2D eigenvalue weighted by molar-refractivity contribution is 7.22. The minimum absolute atomic E-state index is 0.203. The summed E-state index contributed by atoms with van der Waals surface area (Å²) in [6.07, 6.45) is 3.22. The van der Waals surface area contributed by atoms with E-state index in [1.54, 1.807) is 23.6 Å². The van der Waals surface area contributed by atoms with Crippen molar-refractivity contribution >= 4 is 27.4 Å². The lowest BCUT2D eigenvalue weighted by molar-refractivity contribution is 0.0697. The minimum Gasteiger partial charge on any atom is -0.478 e. The molecular weight excluding hydrogens is 320 g/mol. The Hall–Kier alpha value is -3.05. The van der Waals surface area contributed by atoms with Crippen LogP contribution in [0.15, 0.2) is 67.0 Å². The molecule has 0 saturated heterocycles. The highest BCUT2D eigenvalue weighted by atomic mass is 32.1. The van der Waals surface area contributed by atoms with Gasteiger partial charge in [-0.2, -0.15) is 0 Å². The maximum atomic E-state index is 11.1. The number of hydrogen-bond acceptors (Lipinski definition) is 4. The van der Waals surface area contributed by atoms with Gasteiger partial charge < -0.3 is 5.11 Å². The Kier molecular flexibility index (Phi) is 3.55. The number of hydrogen-bond donors (Lipinski definition) is 1. The van der Waals surface area contributed by atoms with Crippen LogP contribution in [-0.4, -0.2) is 21.0 Å². The topological polar surface area (TPSA) is 63.1 Å². The van der Waals surface area contributed by atoms with Crippen LogP contribution >= 0.6 is 11.3 Å². The summed E-state index contributed by atoms with van der Waals surface area (Å²) in [4.78, 5) is 20.9. The molecule has 3 heterocycles. The number of pyridine rings is 2. The van der Waals surface area contributed by atoms with Crippen LogP contribution in [0.1, 0.15) is 10.4 Å². The van der Waals surface area contributed by atoms with E-state index in [0.29, 0.717) is 11.4 Å². The van der Waals surface area contributed by atoms with E-state index in [-0.39, 0.29) is 5.56 Å². The zero-order chi connectivity index (χ0) is 16.5. The van der Waals surface area contributed by atoms with E-state index in [1.165, 1.54) is 22.3 Å². The Labute approximate surface area is 142 Å². The first-order chi connectivity index (χ1) is 11.7. The Morgan fingerprint density at radius 3 is 2.46 bits per heavy atom. The van der Waals surface area contributed by atoms with Gasteiger partial charge in [0.1, 0.15) is 0 Å². The molecule has 0 atom stereocenters. The summed E-state index contributed by atoms with van der Waals surface area (Å²) in [6, 6.07) is 17.3. The predicted octanol–water partition coefficient (Wildman–Crippen LogP) is 4.72. The van der Waals surface area contributed by atoms with Crippen LogP contribution in [-0.2, 0) is 0 Å². The third kappa shape index (κ3) is 2.66. The van der Waals surface area contributed by atoms with Crippen molar-refractivity contribution in [3.63, 3.8) is 0 Å². The summed E-state index contributed by atoms with van der Waals surface area (Å²) in [5.74, 6) is -0.973. The monoisotopic (exact) mass is 332 g/mol. The highest BCUT2D eigenvalue weighted by Gasteiger charge is 2.09. The molecule has 5 heteroatoms. The van der Waals surface area contributed by atoms with Crippen molar-refractivity contribution in [2.75, 3.05) is 0 Å². The molecule has 0 unspecified atom stereocenters. The number of carbonyl (C=O) groups is 1. The van der Waals surface area contributed by atoms with Gasteiger partial charge in [0.2, 0.25) is 0 Å². The molecule has 0 fully saturated rings. The fraction of sp³-hybridized carbons (Fsp3) is 0. The lowest BCUT2D eigenvalue weighted by atomic mass is 10.1. The highest BCUT2D eigenvalue weighted by Crippen LogP contribution is 2.34. The standard InChI is InChI=1S/C19H12N2O2S/c22-19(23)14-6-8-21-16(10-14)15-9-13(5-7-20-15)18-11-12-3-1-2-4-17(12)24-18/h1-11H,(H,22,23). The van der Waals surface area contributed by atoms with E-state index in [2.05, 4.69) is 28.2 Å². The summed E-state index contributed by atoms with van der Waals surface area (Å²) in [5, 5.41) is 10.3. The van der Waals surface area contributed by atoms with Gasteiger partial charge in [0, 0.05) is 22.0 Å². The van der Waals surface area contributed by atoms with E-state index in [0.717, 1.165) is 10.4 Å².